The number of fused-ring (bicyclic) bond motifs is 2. The zero-order valence-corrected chi connectivity index (χ0v) is 17.2. The Hall–Kier alpha value is -1.30. The molecule has 4 rings (SSSR count). The maximum atomic E-state index is 12.8. The van der Waals surface area contributed by atoms with Gasteiger partial charge in [0.2, 0.25) is 0 Å². The third kappa shape index (κ3) is 4.25. The van der Waals surface area contributed by atoms with Gasteiger partial charge < -0.3 is 19.4 Å². The summed E-state index contributed by atoms with van der Waals surface area (Å²) in [6.45, 7) is 6.45. The lowest BCUT2D eigenvalue weighted by Crippen LogP contribution is -2.50. The number of rotatable bonds is 3. The fourth-order valence-electron chi connectivity index (χ4n) is 4.67. The Kier molecular flexibility index (Phi) is 6.66. The highest BCUT2D eigenvalue weighted by atomic mass is 35.5. The Labute approximate surface area is 169 Å². The maximum absolute atomic E-state index is 12.8. The van der Waals surface area contributed by atoms with Crippen LogP contribution >= 0.6 is 12.4 Å². The lowest BCUT2D eigenvalue weighted by molar-refractivity contribution is -0.0740. The number of halogens is 1. The van der Waals surface area contributed by atoms with E-state index in [0.29, 0.717) is 6.61 Å². The van der Waals surface area contributed by atoms with E-state index in [9.17, 15) is 4.79 Å². The van der Waals surface area contributed by atoms with Gasteiger partial charge in [-0.25, -0.2) is 4.79 Å². The molecule has 2 amide bonds. The molecule has 3 aliphatic rings. The Balaban J connectivity index is 0.00000210. The third-order valence-corrected chi connectivity index (χ3v) is 6.38. The largest absolute Gasteiger partial charge is 0.365 e. The molecule has 0 bridgehead atoms. The van der Waals surface area contributed by atoms with Crippen molar-refractivity contribution in [3.05, 3.63) is 35.4 Å². The number of hydrogen-bond donors (Lipinski definition) is 0. The fourth-order valence-corrected chi connectivity index (χ4v) is 4.67. The number of amides is 2. The molecule has 2 saturated heterocycles. The second-order valence-corrected chi connectivity index (χ2v) is 8.03. The van der Waals surface area contributed by atoms with E-state index >= 15 is 0 Å². The van der Waals surface area contributed by atoms with E-state index in [2.05, 4.69) is 29.2 Å². The number of urea groups is 1. The number of carbonyl (C=O) groups excluding carboxylic acids is 1. The van der Waals surface area contributed by atoms with Crippen LogP contribution in [0.1, 0.15) is 43.2 Å². The van der Waals surface area contributed by atoms with E-state index in [1.165, 1.54) is 43.5 Å². The summed E-state index contributed by atoms with van der Waals surface area (Å²) in [5.41, 5.74) is 2.48. The minimum atomic E-state index is -0.167. The Morgan fingerprint density at radius 2 is 1.81 bits per heavy atom. The molecule has 3 heterocycles. The standard InChI is InChI=1S/C21H31N3O2.ClH/c1-22(15-16-23-11-5-2-6-12-23)20(25)24-13-9-21(10-14-24)19-8-4-3-7-18(19)17-26-21;/h3-4,7-8H,2,5-6,9-17H2,1H3;1H. The molecule has 0 aliphatic carbocycles. The topological polar surface area (TPSA) is 36.0 Å². The maximum Gasteiger partial charge on any atom is 0.319 e. The summed E-state index contributed by atoms with van der Waals surface area (Å²) >= 11 is 0. The summed E-state index contributed by atoms with van der Waals surface area (Å²) in [5, 5.41) is 0. The number of hydrogen-bond acceptors (Lipinski definition) is 3. The van der Waals surface area contributed by atoms with Gasteiger partial charge in [0.25, 0.3) is 0 Å². The van der Waals surface area contributed by atoms with Crippen LogP contribution in [0, 0.1) is 0 Å². The van der Waals surface area contributed by atoms with Gasteiger partial charge in [0.15, 0.2) is 0 Å². The number of ether oxygens (including phenoxy) is 1. The minimum absolute atomic E-state index is 0. The van der Waals surface area contributed by atoms with Crippen LogP contribution in [0.3, 0.4) is 0 Å². The monoisotopic (exact) mass is 393 g/mol. The van der Waals surface area contributed by atoms with Gasteiger partial charge in [0.1, 0.15) is 0 Å². The van der Waals surface area contributed by atoms with Gasteiger partial charge in [-0.05, 0) is 49.9 Å². The van der Waals surface area contributed by atoms with E-state index in [1.54, 1.807) is 0 Å². The first-order valence-electron chi connectivity index (χ1n) is 10.1. The smallest absolute Gasteiger partial charge is 0.319 e. The van der Waals surface area contributed by atoms with Crippen molar-refractivity contribution in [2.75, 3.05) is 46.3 Å². The molecule has 5 nitrogen and oxygen atoms in total. The van der Waals surface area contributed by atoms with Crippen LogP contribution in [0.2, 0.25) is 0 Å². The molecule has 0 radical (unpaired) electrons. The van der Waals surface area contributed by atoms with E-state index in [4.69, 9.17) is 4.74 Å². The van der Waals surface area contributed by atoms with Crippen molar-refractivity contribution in [1.82, 2.24) is 14.7 Å². The van der Waals surface area contributed by atoms with Crippen molar-refractivity contribution >= 4 is 18.4 Å². The average molecular weight is 394 g/mol. The fraction of sp³-hybridized carbons (Fsp3) is 0.667. The molecule has 1 aromatic carbocycles. The number of nitrogens with zero attached hydrogens (tertiary/aromatic N) is 3. The molecular weight excluding hydrogens is 362 g/mol. The molecule has 0 aromatic heterocycles. The lowest BCUT2D eigenvalue weighted by Gasteiger charge is -2.40. The molecule has 0 N–H and O–H groups in total. The van der Waals surface area contributed by atoms with Crippen LogP contribution in [0.15, 0.2) is 24.3 Å². The van der Waals surface area contributed by atoms with Crippen LogP contribution in [-0.4, -0.2) is 67.0 Å². The zero-order chi connectivity index (χ0) is 18.0. The van der Waals surface area contributed by atoms with E-state index in [0.717, 1.165) is 39.0 Å². The highest BCUT2D eigenvalue weighted by Crippen LogP contribution is 2.44. The molecular formula is C21H32ClN3O2. The molecule has 1 aromatic rings. The highest BCUT2D eigenvalue weighted by Gasteiger charge is 2.43. The van der Waals surface area contributed by atoms with Crippen LogP contribution < -0.4 is 0 Å². The van der Waals surface area contributed by atoms with E-state index in [1.807, 2.05) is 16.8 Å². The van der Waals surface area contributed by atoms with Gasteiger partial charge in [-0.15, -0.1) is 12.4 Å². The third-order valence-electron chi connectivity index (χ3n) is 6.38. The Morgan fingerprint density at radius 1 is 1.11 bits per heavy atom. The van der Waals surface area contributed by atoms with Crippen molar-refractivity contribution in [1.29, 1.82) is 0 Å². The number of carbonyl (C=O) groups is 1. The first-order valence-corrected chi connectivity index (χ1v) is 10.1. The summed E-state index contributed by atoms with van der Waals surface area (Å²) in [5.74, 6) is 0. The van der Waals surface area contributed by atoms with Gasteiger partial charge in [-0.1, -0.05) is 30.7 Å². The van der Waals surface area contributed by atoms with Gasteiger partial charge in [0.05, 0.1) is 12.2 Å². The van der Waals surface area contributed by atoms with Crippen LogP contribution in [-0.2, 0) is 16.9 Å². The normalized spacial score (nSPS) is 21.6. The van der Waals surface area contributed by atoms with Crippen LogP contribution in [0.25, 0.3) is 0 Å². The van der Waals surface area contributed by atoms with Gasteiger partial charge in [0, 0.05) is 33.2 Å². The number of benzene rings is 1. The molecule has 3 aliphatic heterocycles. The number of piperidine rings is 2. The van der Waals surface area contributed by atoms with Crippen molar-refractivity contribution in [2.45, 2.75) is 44.3 Å². The first kappa shape index (κ1) is 20.4. The molecule has 0 saturated carbocycles. The lowest BCUT2D eigenvalue weighted by atomic mass is 9.84. The minimum Gasteiger partial charge on any atom is -0.365 e. The first-order chi connectivity index (χ1) is 12.7. The number of likely N-dealkylation sites (tertiary alicyclic amines) is 2. The highest BCUT2D eigenvalue weighted by molar-refractivity contribution is 5.85. The van der Waals surface area contributed by atoms with Crippen LogP contribution in [0.5, 0.6) is 0 Å². The Bertz CT molecular complexity index is 640. The summed E-state index contributed by atoms with van der Waals surface area (Å²) in [6.07, 6.45) is 5.75. The predicted octanol–water partition coefficient (Wildman–Crippen LogP) is 3.47. The van der Waals surface area contributed by atoms with Crippen molar-refractivity contribution in [3.63, 3.8) is 0 Å². The molecule has 6 heteroatoms. The van der Waals surface area contributed by atoms with Gasteiger partial charge in [-0.3, -0.25) is 0 Å². The quantitative estimate of drug-likeness (QED) is 0.788. The van der Waals surface area contributed by atoms with Crippen molar-refractivity contribution in [2.24, 2.45) is 0 Å². The second-order valence-electron chi connectivity index (χ2n) is 8.03. The molecule has 27 heavy (non-hydrogen) atoms. The average Bonchev–Trinajstić information content (AvgIpc) is 3.05. The molecule has 2 fully saturated rings. The van der Waals surface area contributed by atoms with E-state index < -0.39 is 0 Å². The van der Waals surface area contributed by atoms with Crippen molar-refractivity contribution < 1.29 is 9.53 Å². The summed E-state index contributed by atoms with van der Waals surface area (Å²) in [6, 6.07) is 8.71. The second kappa shape index (κ2) is 8.80. The number of likely N-dealkylation sites (N-methyl/N-ethyl adjacent to an activating group) is 1. The zero-order valence-electron chi connectivity index (χ0n) is 16.4. The van der Waals surface area contributed by atoms with Crippen LogP contribution in [0.4, 0.5) is 4.79 Å². The SMILES string of the molecule is CN(CCN1CCCCC1)C(=O)N1CCC2(CC1)OCc1ccccc12.Cl. The van der Waals surface area contributed by atoms with E-state index in [-0.39, 0.29) is 24.0 Å². The molecule has 0 unspecified atom stereocenters. The summed E-state index contributed by atoms with van der Waals surface area (Å²) < 4.78 is 6.21. The molecule has 0 atom stereocenters. The Morgan fingerprint density at radius 3 is 2.56 bits per heavy atom. The van der Waals surface area contributed by atoms with Gasteiger partial charge in [-0.2, -0.15) is 0 Å². The molecule has 1 spiro atoms. The molecule has 150 valence electrons. The summed E-state index contributed by atoms with van der Waals surface area (Å²) in [4.78, 5) is 19.2. The predicted molar refractivity (Wildman–Crippen MR) is 109 cm³/mol. The van der Waals surface area contributed by atoms with Crippen molar-refractivity contribution in [3.8, 4) is 0 Å². The summed E-state index contributed by atoms with van der Waals surface area (Å²) in [7, 11) is 1.94. The van der Waals surface area contributed by atoms with Gasteiger partial charge >= 0.3 is 6.03 Å².